The van der Waals surface area contributed by atoms with E-state index in [9.17, 15) is 9.59 Å². The number of amides is 1. The van der Waals surface area contributed by atoms with Gasteiger partial charge < -0.3 is 10.1 Å². The number of para-hydroxylation sites is 1. The quantitative estimate of drug-likeness (QED) is 0.654. The molecule has 1 amide bonds. The van der Waals surface area contributed by atoms with Crippen molar-refractivity contribution in [3.8, 4) is 0 Å². The first kappa shape index (κ1) is 18.0. The highest BCUT2D eigenvalue weighted by Gasteiger charge is 2.13. The molecule has 0 aromatic heterocycles. The standard InChI is InChI=1S/C21H19NO3S/c1-25-21(24)18-8-4-5-9-19(18)22-20(23)14-26-13-15-10-11-16-6-2-3-7-17(16)12-15/h2-12H,13-14H2,1H3,(H,22,23). The third-order valence-corrected chi connectivity index (χ3v) is 4.93. The molecule has 0 aliphatic heterocycles. The smallest absolute Gasteiger partial charge is 0.339 e. The summed E-state index contributed by atoms with van der Waals surface area (Å²) in [5.41, 5.74) is 2.00. The minimum atomic E-state index is -0.468. The lowest BCUT2D eigenvalue weighted by atomic mass is 10.1. The first-order valence-corrected chi connectivity index (χ1v) is 9.35. The van der Waals surface area contributed by atoms with Crippen LogP contribution in [0.25, 0.3) is 10.8 Å². The van der Waals surface area contributed by atoms with Crippen molar-refractivity contribution in [3.05, 3.63) is 77.9 Å². The SMILES string of the molecule is COC(=O)c1ccccc1NC(=O)CSCc1ccc2ccccc2c1. The average molecular weight is 365 g/mol. The van der Waals surface area contributed by atoms with Crippen LogP contribution < -0.4 is 5.32 Å². The monoisotopic (exact) mass is 365 g/mol. The van der Waals surface area contributed by atoms with E-state index >= 15 is 0 Å². The Balaban J connectivity index is 1.56. The number of hydrogen-bond donors (Lipinski definition) is 1. The molecule has 0 spiro atoms. The van der Waals surface area contributed by atoms with Crippen molar-refractivity contribution >= 4 is 40.1 Å². The van der Waals surface area contributed by atoms with Gasteiger partial charge in [0.05, 0.1) is 24.1 Å². The molecule has 0 bridgehead atoms. The molecule has 0 heterocycles. The lowest BCUT2D eigenvalue weighted by Crippen LogP contribution is -2.17. The summed E-state index contributed by atoms with van der Waals surface area (Å²) in [7, 11) is 1.32. The maximum Gasteiger partial charge on any atom is 0.339 e. The van der Waals surface area contributed by atoms with Gasteiger partial charge in [-0.1, -0.05) is 54.6 Å². The fraction of sp³-hybridized carbons (Fsp3) is 0.143. The van der Waals surface area contributed by atoms with Gasteiger partial charge >= 0.3 is 5.97 Å². The molecule has 5 heteroatoms. The number of anilines is 1. The molecule has 0 saturated heterocycles. The van der Waals surface area contributed by atoms with Crippen LogP contribution in [0.15, 0.2) is 66.7 Å². The van der Waals surface area contributed by atoms with Gasteiger partial charge in [0.25, 0.3) is 0 Å². The molecule has 3 aromatic carbocycles. The highest BCUT2D eigenvalue weighted by Crippen LogP contribution is 2.20. The third-order valence-electron chi connectivity index (χ3n) is 3.92. The van der Waals surface area contributed by atoms with Gasteiger partial charge in [-0.25, -0.2) is 4.79 Å². The molecule has 3 aromatic rings. The van der Waals surface area contributed by atoms with Crippen LogP contribution in [0.4, 0.5) is 5.69 Å². The van der Waals surface area contributed by atoms with Gasteiger partial charge in [-0.05, 0) is 28.5 Å². The molecule has 0 radical (unpaired) electrons. The second kappa shape index (κ2) is 8.54. The second-order valence-electron chi connectivity index (χ2n) is 5.76. The van der Waals surface area contributed by atoms with Crippen LogP contribution in [0.1, 0.15) is 15.9 Å². The van der Waals surface area contributed by atoms with Gasteiger partial charge in [-0.3, -0.25) is 4.79 Å². The summed E-state index contributed by atoms with van der Waals surface area (Å²) in [6.45, 7) is 0. The molecule has 3 rings (SSSR count). The normalized spacial score (nSPS) is 10.5. The Labute approximate surface area is 156 Å². The summed E-state index contributed by atoms with van der Waals surface area (Å²) in [6.07, 6.45) is 0. The minimum Gasteiger partial charge on any atom is -0.465 e. The molecule has 0 unspecified atom stereocenters. The first-order valence-electron chi connectivity index (χ1n) is 8.20. The number of nitrogens with one attached hydrogen (secondary N) is 1. The van der Waals surface area contributed by atoms with Crippen molar-refractivity contribution in [2.24, 2.45) is 0 Å². The number of rotatable bonds is 6. The number of hydrogen-bond acceptors (Lipinski definition) is 4. The van der Waals surface area contributed by atoms with Crippen molar-refractivity contribution in [2.45, 2.75) is 5.75 Å². The Morgan fingerprint density at radius 1 is 0.962 bits per heavy atom. The van der Waals surface area contributed by atoms with Crippen molar-refractivity contribution in [2.75, 3.05) is 18.2 Å². The Morgan fingerprint density at radius 3 is 2.50 bits per heavy atom. The largest absolute Gasteiger partial charge is 0.465 e. The van der Waals surface area contributed by atoms with E-state index in [0.29, 0.717) is 17.0 Å². The molecule has 0 fully saturated rings. The molecule has 0 aliphatic carbocycles. The van der Waals surface area contributed by atoms with Crippen molar-refractivity contribution < 1.29 is 14.3 Å². The number of thioether (sulfide) groups is 1. The summed E-state index contributed by atoms with van der Waals surface area (Å²) in [5, 5.41) is 5.18. The van der Waals surface area contributed by atoms with E-state index in [1.807, 2.05) is 12.1 Å². The topological polar surface area (TPSA) is 55.4 Å². The number of benzene rings is 3. The van der Waals surface area contributed by atoms with Gasteiger partial charge in [0.2, 0.25) is 5.91 Å². The third kappa shape index (κ3) is 4.43. The number of carbonyl (C=O) groups excluding carboxylic acids is 2. The lowest BCUT2D eigenvalue weighted by Gasteiger charge is -2.09. The summed E-state index contributed by atoms with van der Waals surface area (Å²) < 4.78 is 4.74. The van der Waals surface area contributed by atoms with E-state index < -0.39 is 5.97 Å². The van der Waals surface area contributed by atoms with E-state index in [0.717, 1.165) is 5.75 Å². The predicted molar refractivity (Wildman–Crippen MR) is 107 cm³/mol. The Kier molecular flexibility index (Phi) is 5.92. The van der Waals surface area contributed by atoms with Crippen LogP contribution in [0.5, 0.6) is 0 Å². The molecular formula is C21H19NO3S. The maximum absolute atomic E-state index is 12.2. The Bertz CT molecular complexity index is 939. The molecular weight excluding hydrogens is 346 g/mol. The van der Waals surface area contributed by atoms with Crippen LogP contribution in [-0.2, 0) is 15.3 Å². The summed E-state index contributed by atoms with van der Waals surface area (Å²) >= 11 is 1.53. The van der Waals surface area contributed by atoms with Crippen LogP contribution >= 0.6 is 11.8 Å². The lowest BCUT2D eigenvalue weighted by molar-refractivity contribution is -0.113. The minimum absolute atomic E-state index is 0.146. The summed E-state index contributed by atoms with van der Waals surface area (Å²) in [4.78, 5) is 23.9. The van der Waals surface area contributed by atoms with E-state index in [2.05, 4.69) is 35.6 Å². The highest BCUT2D eigenvalue weighted by atomic mass is 32.2. The van der Waals surface area contributed by atoms with E-state index in [-0.39, 0.29) is 5.91 Å². The van der Waals surface area contributed by atoms with E-state index in [1.54, 1.807) is 24.3 Å². The highest BCUT2D eigenvalue weighted by molar-refractivity contribution is 7.99. The van der Waals surface area contributed by atoms with Crippen molar-refractivity contribution in [3.63, 3.8) is 0 Å². The van der Waals surface area contributed by atoms with Crippen LogP contribution in [0.3, 0.4) is 0 Å². The molecule has 0 aliphatic rings. The number of esters is 1. The van der Waals surface area contributed by atoms with Gasteiger partial charge in [0.1, 0.15) is 0 Å². The summed E-state index contributed by atoms with van der Waals surface area (Å²) in [6, 6.07) is 21.4. The van der Waals surface area contributed by atoms with Gasteiger partial charge in [0, 0.05) is 5.75 Å². The number of methoxy groups -OCH3 is 1. The zero-order valence-electron chi connectivity index (χ0n) is 14.4. The van der Waals surface area contributed by atoms with E-state index in [1.165, 1.54) is 35.2 Å². The second-order valence-corrected chi connectivity index (χ2v) is 6.75. The number of ether oxygens (including phenoxy) is 1. The van der Waals surface area contributed by atoms with Crippen LogP contribution in [0, 0.1) is 0 Å². The van der Waals surface area contributed by atoms with Gasteiger partial charge in [-0.2, -0.15) is 0 Å². The van der Waals surface area contributed by atoms with Gasteiger partial charge in [-0.15, -0.1) is 11.8 Å². The maximum atomic E-state index is 12.2. The van der Waals surface area contributed by atoms with E-state index in [4.69, 9.17) is 4.74 Å². The predicted octanol–water partition coefficient (Wildman–Crippen LogP) is 4.50. The number of fused-ring (bicyclic) bond motifs is 1. The molecule has 1 N–H and O–H groups in total. The zero-order chi connectivity index (χ0) is 18.4. The summed E-state index contributed by atoms with van der Waals surface area (Å²) in [5.74, 6) is 0.441. The van der Waals surface area contributed by atoms with Gasteiger partial charge in [0.15, 0.2) is 0 Å². The van der Waals surface area contributed by atoms with Crippen LogP contribution in [0.2, 0.25) is 0 Å². The van der Waals surface area contributed by atoms with Crippen LogP contribution in [-0.4, -0.2) is 24.7 Å². The van der Waals surface area contributed by atoms with Crippen molar-refractivity contribution in [1.82, 2.24) is 0 Å². The molecule has 0 atom stereocenters. The average Bonchev–Trinajstić information content (AvgIpc) is 2.67. The Morgan fingerprint density at radius 2 is 1.69 bits per heavy atom. The molecule has 26 heavy (non-hydrogen) atoms. The zero-order valence-corrected chi connectivity index (χ0v) is 15.2. The molecule has 0 saturated carbocycles. The fourth-order valence-electron chi connectivity index (χ4n) is 2.66. The van der Waals surface area contributed by atoms with Crippen molar-refractivity contribution in [1.29, 1.82) is 0 Å². The molecule has 132 valence electrons. The molecule has 4 nitrogen and oxygen atoms in total. The Hall–Kier alpha value is -2.79. The number of carbonyl (C=O) groups is 2. The fourth-order valence-corrected chi connectivity index (χ4v) is 3.43. The first-order chi connectivity index (χ1) is 12.7.